The molecule has 0 spiro atoms. The van der Waals surface area contributed by atoms with Crippen LogP contribution in [0.1, 0.15) is 29.8 Å². The summed E-state index contributed by atoms with van der Waals surface area (Å²) in [4.78, 5) is 0. The summed E-state index contributed by atoms with van der Waals surface area (Å²) in [6.07, 6.45) is 1.69. The van der Waals surface area contributed by atoms with Crippen molar-refractivity contribution in [2.24, 2.45) is 5.84 Å². The maximum Gasteiger partial charge on any atom is 0.131 e. The molecule has 3 N–H and O–H groups in total. The van der Waals surface area contributed by atoms with Crippen molar-refractivity contribution in [2.45, 2.75) is 26.4 Å². The second kappa shape index (κ2) is 5.81. The van der Waals surface area contributed by atoms with Crippen molar-refractivity contribution in [3.05, 3.63) is 51.5 Å². The van der Waals surface area contributed by atoms with Gasteiger partial charge in [0.2, 0.25) is 0 Å². The molecule has 1 unspecified atom stereocenters. The summed E-state index contributed by atoms with van der Waals surface area (Å²) >= 11 is 3.44. The monoisotopic (exact) mass is 326 g/mol. The SMILES string of the molecule is CCn1ncc(Br)c1C(NN)c1cccc(C)c1F. The molecule has 0 fully saturated rings. The van der Waals surface area contributed by atoms with Gasteiger partial charge in [-0.15, -0.1) is 0 Å². The highest BCUT2D eigenvalue weighted by molar-refractivity contribution is 9.10. The van der Waals surface area contributed by atoms with Gasteiger partial charge in [-0.25, -0.2) is 9.82 Å². The standard InChI is InChI=1S/C13H16BrFN4/c1-3-19-13(10(14)7-17-19)12(18-16)9-6-4-5-8(2)11(9)15/h4-7,12,18H,3,16H2,1-2H3. The van der Waals surface area contributed by atoms with E-state index < -0.39 is 6.04 Å². The number of aryl methyl sites for hydroxylation is 2. The van der Waals surface area contributed by atoms with Crippen LogP contribution < -0.4 is 11.3 Å². The first-order valence-electron chi connectivity index (χ1n) is 6.02. The normalized spacial score (nSPS) is 12.7. The van der Waals surface area contributed by atoms with Crippen LogP contribution in [0.4, 0.5) is 4.39 Å². The van der Waals surface area contributed by atoms with Gasteiger partial charge in [0.15, 0.2) is 0 Å². The Labute approximate surface area is 119 Å². The van der Waals surface area contributed by atoms with E-state index in [4.69, 9.17) is 5.84 Å². The van der Waals surface area contributed by atoms with E-state index in [0.29, 0.717) is 17.7 Å². The lowest BCUT2D eigenvalue weighted by Crippen LogP contribution is -2.31. The van der Waals surface area contributed by atoms with E-state index in [1.165, 1.54) is 0 Å². The summed E-state index contributed by atoms with van der Waals surface area (Å²) in [5.74, 6) is 5.38. The van der Waals surface area contributed by atoms with E-state index in [0.717, 1.165) is 10.2 Å². The number of rotatable bonds is 4. The molecular weight excluding hydrogens is 311 g/mol. The second-order valence-electron chi connectivity index (χ2n) is 4.27. The van der Waals surface area contributed by atoms with E-state index in [9.17, 15) is 4.39 Å². The van der Waals surface area contributed by atoms with Crippen LogP contribution >= 0.6 is 15.9 Å². The van der Waals surface area contributed by atoms with Gasteiger partial charge >= 0.3 is 0 Å². The molecule has 1 heterocycles. The third-order valence-corrected chi connectivity index (χ3v) is 3.72. The Morgan fingerprint density at radius 1 is 1.53 bits per heavy atom. The number of hydrazine groups is 1. The first-order chi connectivity index (χ1) is 9.10. The number of halogens is 2. The Balaban J connectivity index is 2.56. The van der Waals surface area contributed by atoms with Crippen molar-refractivity contribution in [1.29, 1.82) is 0 Å². The molecule has 1 aromatic carbocycles. The third-order valence-electron chi connectivity index (χ3n) is 3.11. The van der Waals surface area contributed by atoms with Gasteiger partial charge in [0.05, 0.1) is 22.4 Å². The minimum absolute atomic E-state index is 0.249. The second-order valence-corrected chi connectivity index (χ2v) is 5.13. The summed E-state index contributed by atoms with van der Waals surface area (Å²) < 4.78 is 16.8. The van der Waals surface area contributed by atoms with Gasteiger partial charge < -0.3 is 0 Å². The minimum Gasteiger partial charge on any atom is -0.271 e. The molecule has 0 saturated heterocycles. The fourth-order valence-corrected chi connectivity index (χ4v) is 2.65. The zero-order valence-electron chi connectivity index (χ0n) is 10.8. The number of nitrogens with one attached hydrogen (secondary N) is 1. The molecule has 0 aliphatic heterocycles. The zero-order valence-corrected chi connectivity index (χ0v) is 12.4. The van der Waals surface area contributed by atoms with Crippen LogP contribution in [0.15, 0.2) is 28.9 Å². The van der Waals surface area contributed by atoms with Crippen LogP contribution in [-0.4, -0.2) is 9.78 Å². The largest absolute Gasteiger partial charge is 0.271 e. The van der Waals surface area contributed by atoms with Crippen LogP contribution in [0.5, 0.6) is 0 Å². The topological polar surface area (TPSA) is 55.9 Å². The molecule has 6 heteroatoms. The number of hydrogen-bond acceptors (Lipinski definition) is 3. The van der Waals surface area contributed by atoms with E-state index in [-0.39, 0.29) is 5.82 Å². The van der Waals surface area contributed by atoms with Crippen molar-refractivity contribution < 1.29 is 4.39 Å². The highest BCUT2D eigenvalue weighted by Gasteiger charge is 2.23. The van der Waals surface area contributed by atoms with Gasteiger partial charge in [-0.3, -0.25) is 10.5 Å². The summed E-state index contributed by atoms with van der Waals surface area (Å²) in [5, 5.41) is 4.23. The van der Waals surface area contributed by atoms with Gasteiger partial charge in [0, 0.05) is 12.1 Å². The predicted molar refractivity (Wildman–Crippen MR) is 75.9 cm³/mol. The molecule has 0 aliphatic rings. The lowest BCUT2D eigenvalue weighted by molar-refractivity contribution is 0.512. The lowest BCUT2D eigenvalue weighted by Gasteiger charge is -2.19. The van der Waals surface area contributed by atoms with E-state index in [1.807, 2.05) is 13.0 Å². The molecule has 0 radical (unpaired) electrons. The summed E-state index contributed by atoms with van der Waals surface area (Å²) in [7, 11) is 0. The first kappa shape index (κ1) is 14.2. The van der Waals surface area contributed by atoms with Crippen LogP contribution in [0.25, 0.3) is 0 Å². The fourth-order valence-electron chi connectivity index (χ4n) is 2.12. The zero-order chi connectivity index (χ0) is 14.0. The lowest BCUT2D eigenvalue weighted by atomic mass is 10.0. The Morgan fingerprint density at radius 2 is 2.26 bits per heavy atom. The molecule has 19 heavy (non-hydrogen) atoms. The highest BCUT2D eigenvalue weighted by Crippen LogP contribution is 2.30. The molecule has 0 saturated carbocycles. The van der Waals surface area contributed by atoms with Gasteiger partial charge in [0.25, 0.3) is 0 Å². The molecular formula is C13H16BrFN4. The van der Waals surface area contributed by atoms with Gasteiger partial charge in [-0.05, 0) is 35.3 Å². The Morgan fingerprint density at radius 3 is 2.89 bits per heavy atom. The van der Waals surface area contributed by atoms with Crippen molar-refractivity contribution in [3.63, 3.8) is 0 Å². The van der Waals surface area contributed by atoms with E-state index >= 15 is 0 Å². The smallest absolute Gasteiger partial charge is 0.131 e. The molecule has 4 nitrogen and oxygen atoms in total. The molecule has 102 valence electrons. The van der Waals surface area contributed by atoms with E-state index in [2.05, 4.69) is 26.5 Å². The van der Waals surface area contributed by atoms with Crippen LogP contribution in [0, 0.1) is 12.7 Å². The molecule has 0 amide bonds. The first-order valence-corrected chi connectivity index (χ1v) is 6.81. The molecule has 1 aromatic heterocycles. The van der Waals surface area contributed by atoms with Crippen molar-refractivity contribution in [2.75, 3.05) is 0 Å². The maximum absolute atomic E-state index is 14.3. The highest BCUT2D eigenvalue weighted by atomic mass is 79.9. The number of benzene rings is 1. The van der Waals surface area contributed by atoms with Crippen LogP contribution in [0.3, 0.4) is 0 Å². The Hall–Kier alpha value is -1.24. The third kappa shape index (κ3) is 2.56. The van der Waals surface area contributed by atoms with Crippen molar-refractivity contribution >= 4 is 15.9 Å². The number of aromatic nitrogens is 2. The average Bonchev–Trinajstić information content (AvgIpc) is 2.77. The molecule has 0 bridgehead atoms. The van der Waals surface area contributed by atoms with Gasteiger partial charge in [0.1, 0.15) is 5.82 Å². The Kier molecular flexibility index (Phi) is 4.34. The minimum atomic E-state index is -0.447. The van der Waals surface area contributed by atoms with E-state index in [1.54, 1.807) is 29.9 Å². The van der Waals surface area contributed by atoms with Crippen LogP contribution in [0.2, 0.25) is 0 Å². The Bertz CT molecular complexity index is 582. The predicted octanol–water partition coefficient (Wildman–Crippen LogP) is 2.67. The average molecular weight is 327 g/mol. The van der Waals surface area contributed by atoms with Crippen molar-refractivity contribution in [1.82, 2.24) is 15.2 Å². The molecule has 1 atom stereocenters. The summed E-state index contributed by atoms with van der Waals surface area (Å²) in [6.45, 7) is 4.40. The summed E-state index contributed by atoms with van der Waals surface area (Å²) in [6, 6.07) is 4.83. The quantitative estimate of drug-likeness (QED) is 0.671. The number of hydrogen-bond donors (Lipinski definition) is 2. The molecule has 2 aromatic rings. The summed E-state index contributed by atoms with van der Waals surface area (Å²) in [5.41, 5.74) is 4.59. The van der Waals surface area contributed by atoms with Gasteiger partial charge in [-0.2, -0.15) is 5.10 Å². The van der Waals surface area contributed by atoms with Crippen LogP contribution in [-0.2, 0) is 6.54 Å². The van der Waals surface area contributed by atoms with Crippen molar-refractivity contribution in [3.8, 4) is 0 Å². The molecule has 2 rings (SSSR count). The maximum atomic E-state index is 14.3. The van der Waals surface area contributed by atoms with Gasteiger partial charge in [-0.1, -0.05) is 18.2 Å². The fraction of sp³-hybridized carbons (Fsp3) is 0.308. The number of nitrogens with two attached hydrogens (primary N) is 1. The number of nitrogens with zero attached hydrogens (tertiary/aromatic N) is 2. The molecule has 0 aliphatic carbocycles.